The summed E-state index contributed by atoms with van der Waals surface area (Å²) in [7, 11) is 0.0356. The van der Waals surface area contributed by atoms with Gasteiger partial charge in [0.05, 0.1) is 32.0 Å². The van der Waals surface area contributed by atoms with Crippen LogP contribution in [-0.4, -0.2) is 114 Å². The Hall–Kier alpha value is -4.20. The van der Waals surface area contributed by atoms with E-state index in [-0.39, 0.29) is 28.5 Å². The number of halogens is 3. The van der Waals surface area contributed by atoms with Gasteiger partial charge in [-0.3, -0.25) is 14.6 Å². The lowest BCUT2D eigenvalue weighted by molar-refractivity contribution is -0.137. The lowest BCUT2D eigenvalue weighted by atomic mass is 9.99. The van der Waals surface area contributed by atoms with Crippen LogP contribution >= 0.6 is 0 Å². The van der Waals surface area contributed by atoms with E-state index in [0.29, 0.717) is 39.3 Å². The molecule has 0 bridgehead atoms. The van der Waals surface area contributed by atoms with Gasteiger partial charge in [0, 0.05) is 64.5 Å². The summed E-state index contributed by atoms with van der Waals surface area (Å²) in [5.41, 5.74) is 1.02. The number of hydrogen-bond donors (Lipinski definition) is 0. The molecule has 4 aromatic rings. The molecule has 0 N–H and O–H groups in total. The van der Waals surface area contributed by atoms with Crippen LogP contribution in [-0.2, 0) is 22.1 Å². The van der Waals surface area contributed by atoms with Gasteiger partial charge in [-0.25, -0.2) is 0 Å². The highest BCUT2D eigenvalue weighted by Crippen LogP contribution is 2.39. The normalized spacial score (nSPS) is 18.7. The second kappa shape index (κ2) is 18.2. The van der Waals surface area contributed by atoms with Crippen LogP contribution in [0.25, 0.3) is 0 Å². The molecule has 1 amide bonds. The van der Waals surface area contributed by atoms with Crippen LogP contribution in [0.3, 0.4) is 0 Å². The molecule has 57 heavy (non-hydrogen) atoms. The van der Waals surface area contributed by atoms with E-state index >= 15 is 0 Å². The first-order valence-corrected chi connectivity index (χ1v) is 21.6. The van der Waals surface area contributed by atoms with E-state index in [1.807, 2.05) is 12.1 Å². The van der Waals surface area contributed by atoms with Crippen molar-refractivity contribution in [1.82, 2.24) is 14.7 Å². The SMILES string of the molecule is COCC1CN(CCN2CCN(C(=O)c3cc(OC)cc(C(F)(F)F)c3)C(Cc3ccc(C)c(O[Si](c4ccccc4)(c4ccccc4)C(C)(C)C)c3)C2)CCO1. The number of amides is 1. The van der Waals surface area contributed by atoms with Gasteiger partial charge in [0.25, 0.3) is 5.91 Å². The van der Waals surface area contributed by atoms with Crippen LogP contribution in [0.1, 0.15) is 47.8 Å². The van der Waals surface area contributed by atoms with E-state index < -0.39 is 26.0 Å². The number of nitrogens with zero attached hydrogens (tertiary/aromatic N) is 3. The summed E-state index contributed by atoms with van der Waals surface area (Å²) < 4.78 is 65.8. The molecule has 0 aliphatic carbocycles. The van der Waals surface area contributed by atoms with E-state index in [4.69, 9.17) is 18.6 Å². The minimum Gasteiger partial charge on any atom is -0.534 e. The molecule has 2 aliphatic rings. The number of alkyl halides is 3. The summed E-state index contributed by atoms with van der Waals surface area (Å²) in [6.07, 6.45) is -4.12. The van der Waals surface area contributed by atoms with Crippen LogP contribution in [0.15, 0.2) is 97.1 Å². The molecule has 8 nitrogen and oxygen atoms in total. The van der Waals surface area contributed by atoms with Gasteiger partial charge in [-0.05, 0) is 64.1 Å². The van der Waals surface area contributed by atoms with Gasteiger partial charge in [0.2, 0.25) is 0 Å². The van der Waals surface area contributed by atoms with Crippen LogP contribution in [0.4, 0.5) is 13.2 Å². The molecule has 2 saturated heterocycles. The molecule has 0 saturated carbocycles. The van der Waals surface area contributed by atoms with E-state index in [2.05, 4.69) is 104 Å². The number of carbonyl (C=O) groups is 1. The molecule has 2 unspecified atom stereocenters. The fourth-order valence-corrected chi connectivity index (χ4v) is 12.7. The van der Waals surface area contributed by atoms with Crippen molar-refractivity contribution in [1.29, 1.82) is 0 Å². The molecule has 2 aliphatic heterocycles. The maximum atomic E-state index is 14.3. The van der Waals surface area contributed by atoms with E-state index in [1.54, 1.807) is 12.0 Å². The fraction of sp³-hybridized carbons (Fsp3) is 0.444. The first-order valence-electron chi connectivity index (χ1n) is 19.7. The zero-order valence-electron chi connectivity index (χ0n) is 34.0. The minimum absolute atomic E-state index is 0.00990. The van der Waals surface area contributed by atoms with Crippen LogP contribution in [0.2, 0.25) is 5.04 Å². The number of carbonyl (C=O) groups excluding carboxylic acids is 1. The first-order chi connectivity index (χ1) is 27.2. The summed E-state index contributed by atoms with van der Waals surface area (Å²) >= 11 is 0. The molecular formula is C45H56F3N3O5Si. The molecule has 306 valence electrons. The van der Waals surface area contributed by atoms with Crippen molar-refractivity contribution < 1.29 is 36.6 Å². The molecule has 2 heterocycles. The predicted molar refractivity (Wildman–Crippen MR) is 220 cm³/mol. The Morgan fingerprint density at radius 1 is 0.825 bits per heavy atom. The van der Waals surface area contributed by atoms with Crippen LogP contribution < -0.4 is 19.5 Å². The third-order valence-electron chi connectivity index (χ3n) is 11.3. The molecule has 6 rings (SSSR count). The number of piperazine rings is 1. The smallest absolute Gasteiger partial charge is 0.416 e. The number of hydrogen-bond acceptors (Lipinski definition) is 7. The lowest BCUT2D eigenvalue weighted by Crippen LogP contribution is -2.68. The standard InChI is InChI=1S/C45H56F3N3O5Si/c1-33-17-18-34(26-42(33)56-57(44(2,3)4,40-13-9-7-10-14-40)41-15-11-8-12-16-41)25-37-30-49(19-20-50-23-24-55-39(31-50)32-53-5)21-22-51(37)43(52)35-27-36(45(46,47)48)29-38(28-35)54-6/h7-18,26-29,37,39H,19-25,30-32H2,1-6H3. The largest absolute Gasteiger partial charge is 0.534 e. The van der Waals surface area contributed by atoms with Crippen LogP contribution in [0, 0.1) is 6.92 Å². The number of methoxy groups -OCH3 is 2. The number of aryl methyl sites for hydroxylation is 1. The zero-order chi connectivity index (χ0) is 40.8. The fourth-order valence-electron chi connectivity index (χ4n) is 8.26. The topological polar surface area (TPSA) is 63.7 Å². The highest BCUT2D eigenvalue weighted by atomic mass is 28.4. The van der Waals surface area contributed by atoms with Gasteiger partial charge in [0.1, 0.15) is 11.5 Å². The second-order valence-corrected chi connectivity index (χ2v) is 20.4. The summed E-state index contributed by atoms with van der Waals surface area (Å²) in [4.78, 5) is 20.8. The van der Waals surface area contributed by atoms with Crippen molar-refractivity contribution in [3.05, 3.63) is 119 Å². The van der Waals surface area contributed by atoms with Crippen molar-refractivity contribution in [2.45, 2.75) is 57.5 Å². The summed E-state index contributed by atoms with van der Waals surface area (Å²) in [6, 6.07) is 30.2. The molecule has 2 fully saturated rings. The van der Waals surface area contributed by atoms with E-state index in [1.165, 1.54) is 23.5 Å². The van der Waals surface area contributed by atoms with Crippen molar-refractivity contribution in [3.63, 3.8) is 0 Å². The molecule has 0 aromatic heterocycles. The lowest BCUT2D eigenvalue weighted by Gasteiger charge is -2.44. The zero-order valence-corrected chi connectivity index (χ0v) is 35.0. The average molecular weight is 804 g/mol. The number of rotatable bonds is 13. The monoisotopic (exact) mass is 803 g/mol. The Labute approximate surface area is 336 Å². The molecular weight excluding hydrogens is 748 g/mol. The number of morpholine rings is 1. The maximum absolute atomic E-state index is 14.3. The molecule has 12 heteroatoms. The Balaban J connectivity index is 1.32. The highest BCUT2D eigenvalue weighted by Gasteiger charge is 2.52. The second-order valence-electron chi connectivity index (χ2n) is 16.2. The molecule has 4 aromatic carbocycles. The highest BCUT2D eigenvalue weighted by molar-refractivity contribution is 7.00. The Kier molecular flexibility index (Phi) is 13.5. The van der Waals surface area contributed by atoms with Crippen LogP contribution in [0.5, 0.6) is 11.5 Å². The van der Waals surface area contributed by atoms with E-state index in [0.717, 1.165) is 55.2 Å². The van der Waals surface area contributed by atoms with Gasteiger partial charge >= 0.3 is 14.5 Å². The average Bonchev–Trinajstić information content (AvgIpc) is 3.20. The Morgan fingerprint density at radius 2 is 1.47 bits per heavy atom. The minimum atomic E-state index is -4.63. The van der Waals surface area contributed by atoms with Crippen molar-refractivity contribution in [2.75, 3.05) is 73.2 Å². The first kappa shape index (κ1) is 42.4. The van der Waals surface area contributed by atoms with Crippen molar-refractivity contribution >= 4 is 24.6 Å². The van der Waals surface area contributed by atoms with Crippen molar-refractivity contribution in [3.8, 4) is 11.5 Å². The van der Waals surface area contributed by atoms with Gasteiger partial charge in [0.15, 0.2) is 0 Å². The van der Waals surface area contributed by atoms with Crippen molar-refractivity contribution in [2.24, 2.45) is 0 Å². The summed E-state index contributed by atoms with van der Waals surface area (Å²) in [5.74, 6) is 0.327. The third kappa shape index (κ3) is 9.92. The Bertz CT molecular complexity index is 1900. The van der Waals surface area contributed by atoms with Gasteiger partial charge in [-0.2, -0.15) is 13.2 Å². The molecule has 0 radical (unpaired) electrons. The maximum Gasteiger partial charge on any atom is 0.416 e. The quantitative estimate of drug-likeness (QED) is 0.140. The number of benzene rings is 4. The third-order valence-corrected chi connectivity index (χ3v) is 16.2. The van der Waals surface area contributed by atoms with E-state index in [9.17, 15) is 18.0 Å². The van der Waals surface area contributed by atoms with Gasteiger partial charge in [-0.1, -0.05) is 93.6 Å². The summed E-state index contributed by atoms with van der Waals surface area (Å²) in [5, 5.41) is 2.08. The number of ether oxygens (including phenoxy) is 3. The van der Waals surface area contributed by atoms with Gasteiger partial charge in [-0.15, -0.1) is 0 Å². The Morgan fingerprint density at radius 3 is 2.07 bits per heavy atom. The predicted octanol–water partition coefficient (Wildman–Crippen LogP) is 6.68. The molecule has 0 spiro atoms. The molecule has 2 atom stereocenters. The summed E-state index contributed by atoms with van der Waals surface area (Å²) in [6.45, 7) is 14.7. The van der Waals surface area contributed by atoms with Gasteiger partial charge < -0.3 is 23.5 Å².